The van der Waals surface area contributed by atoms with E-state index in [1.54, 1.807) is 0 Å². The van der Waals surface area contributed by atoms with Gasteiger partial charge >= 0.3 is 17.9 Å². The van der Waals surface area contributed by atoms with Gasteiger partial charge in [0.15, 0.2) is 6.10 Å². The minimum Gasteiger partial charge on any atom is -0.462 e. The van der Waals surface area contributed by atoms with Crippen LogP contribution in [-0.2, 0) is 28.6 Å². The second-order valence-electron chi connectivity index (χ2n) is 15.7. The lowest BCUT2D eigenvalue weighted by Gasteiger charge is -2.18. The topological polar surface area (TPSA) is 78.9 Å². The zero-order chi connectivity index (χ0) is 38.0. The molecule has 6 nitrogen and oxygen atoms in total. The maximum atomic E-state index is 12.7. The highest BCUT2D eigenvalue weighted by molar-refractivity contribution is 5.71. The molecule has 308 valence electrons. The Hall–Kier alpha value is -1.59. The maximum Gasteiger partial charge on any atom is 0.306 e. The molecule has 0 aromatic rings. The van der Waals surface area contributed by atoms with Crippen LogP contribution in [-0.4, -0.2) is 37.2 Å². The maximum absolute atomic E-state index is 12.7. The molecule has 52 heavy (non-hydrogen) atoms. The van der Waals surface area contributed by atoms with E-state index in [2.05, 4.69) is 20.8 Å². The van der Waals surface area contributed by atoms with Gasteiger partial charge in [-0.3, -0.25) is 14.4 Å². The Morgan fingerprint density at radius 3 is 0.769 bits per heavy atom. The first-order chi connectivity index (χ1) is 25.5. The first-order valence-electron chi connectivity index (χ1n) is 23.0. The van der Waals surface area contributed by atoms with Crippen LogP contribution >= 0.6 is 0 Å². The third-order valence-electron chi connectivity index (χ3n) is 10.4. The minimum atomic E-state index is -0.757. The fourth-order valence-electron chi connectivity index (χ4n) is 6.85. The van der Waals surface area contributed by atoms with Gasteiger partial charge in [0.1, 0.15) is 13.2 Å². The van der Waals surface area contributed by atoms with Crippen molar-refractivity contribution in [2.75, 3.05) is 13.2 Å². The van der Waals surface area contributed by atoms with Crippen molar-refractivity contribution in [1.82, 2.24) is 0 Å². The monoisotopic (exact) mass is 737 g/mol. The Bertz CT molecular complexity index is 768. The van der Waals surface area contributed by atoms with Gasteiger partial charge in [0.25, 0.3) is 0 Å². The molecule has 0 bridgehead atoms. The minimum absolute atomic E-state index is 0.0633. The third kappa shape index (κ3) is 39.6. The molecule has 0 spiro atoms. The SMILES string of the molecule is CCCCCCCCCCCCCCCCC(=O)OCC(COC(=O)CCCCCCCC)OC(=O)CCCCCCCCCCCCCCCC. The summed E-state index contributed by atoms with van der Waals surface area (Å²) >= 11 is 0. The normalized spacial score (nSPS) is 11.8. The van der Waals surface area contributed by atoms with E-state index in [0.29, 0.717) is 19.3 Å². The highest BCUT2D eigenvalue weighted by Gasteiger charge is 2.19. The fourth-order valence-corrected chi connectivity index (χ4v) is 6.85. The standard InChI is InChI=1S/C46H88O6/c1-4-7-10-13-16-18-20-22-24-26-28-30-33-36-39-45(48)51-42-43(41-50-44(47)38-35-32-15-12-9-6-3)52-46(49)40-37-34-31-29-27-25-23-21-19-17-14-11-8-5-2/h43H,4-42H2,1-3H3. The number of unbranched alkanes of at least 4 members (excludes halogenated alkanes) is 31. The van der Waals surface area contributed by atoms with E-state index in [4.69, 9.17) is 14.2 Å². The van der Waals surface area contributed by atoms with Gasteiger partial charge in [-0.1, -0.05) is 220 Å². The fraction of sp³-hybridized carbons (Fsp3) is 0.935. The third-order valence-corrected chi connectivity index (χ3v) is 10.4. The molecule has 0 fully saturated rings. The first-order valence-corrected chi connectivity index (χ1v) is 23.0. The summed E-state index contributed by atoms with van der Waals surface area (Å²) in [5, 5.41) is 0. The Morgan fingerprint density at radius 1 is 0.308 bits per heavy atom. The van der Waals surface area contributed by atoms with Crippen molar-refractivity contribution in [2.24, 2.45) is 0 Å². The Kier molecular flexibility index (Phi) is 40.9. The molecular weight excluding hydrogens is 648 g/mol. The van der Waals surface area contributed by atoms with Crippen LogP contribution < -0.4 is 0 Å². The van der Waals surface area contributed by atoms with Crippen molar-refractivity contribution < 1.29 is 28.6 Å². The van der Waals surface area contributed by atoms with Crippen LogP contribution in [0.25, 0.3) is 0 Å². The molecule has 0 aliphatic carbocycles. The van der Waals surface area contributed by atoms with E-state index in [1.807, 2.05) is 0 Å². The van der Waals surface area contributed by atoms with Crippen LogP contribution in [0.5, 0.6) is 0 Å². The van der Waals surface area contributed by atoms with E-state index < -0.39 is 6.10 Å². The molecule has 0 radical (unpaired) electrons. The number of hydrogen-bond acceptors (Lipinski definition) is 6. The summed E-state index contributed by atoms with van der Waals surface area (Å²) in [6, 6.07) is 0. The molecule has 1 unspecified atom stereocenters. The van der Waals surface area contributed by atoms with Crippen molar-refractivity contribution in [3.05, 3.63) is 0 Å². The van der Waals surface area contributed by atoms with Gasteiger partial charge in [0.2, 0.25) is 0 Å². The number of carbonyl (C=O) groups excluding carboxylic acids is 3. The first kappa shape index (κ1) is 50.4. The Balaban J connectivity index is 4.21. The van der Waals surface area contributed by atoms with Crippen molar-refractivity contribution in [2.45, 2.75) is 264 Å². The van der Waals surface area contributed by atoms with Crippen molar-refractivity contribution in [3.63, 3.8) is 0 Å². The summed E-state index contributed by atoms with van der Waals surface area (Å²) in [5.41, 5.74) is 0. The molecular formula is C46H88O6. The van der Waals surface area contributed by atoms with Crippen molar-refractivity contribution in [1.29, 1.82) is 0 Å². The van der Waals surface area contributed by atoms with Crippen LogP contribution in [0.2, 0.25) is 0 Å². The van der Waals surface area contributed by atoms with Crippen LogP contribution in [0.15, 0.2) is 0 Å². The molecule has 0 aromatic heterocycles. The summed E-state index contributed by atoms with van der Waals surface area (Å²) in [7, 11) is 0. The largest absolute Gasteiger partial charge is 0.462 e. The van der Waals surface area contributed by atoms with Gasteiger partial charge in [0.05, 0.1) is 0 Å². The second-order valence-corrected chi connectivity index (χ2v) is 15.7. The van der Waals surface area contributed by atoms with Crippen LogP contribution in [0, 0.1) is 0 Å². The van der Waals surface area contributed by atoms with Crippen molar-refractivity contribution >= 4 is 17.9 Å². The van der Waals surface area contributed by atoms with Gasteiger partial charge in [-0.25, -0.2) is 0 Å². The second kappa shape index (κ2) is 42.2. The average molecular weight is 737 g/mol. The van der Waals surface area contributed by atoms with Crippen LogP contribution in [0.3, 0.4) is 0 Å². The lowest BCUT2D eigenvalue weighted by atomic mass is 10.0. The quantitative estimate of drug-likeness (QED) is 0.0353. The van der Waals surface area contributed by atoms with Gasteiger partial charge in [-0.15, -0.1) is 0 Å². The molecule has 0 aromatic carbocycles. The van der Waals surface area contributed by atoms with Crippen LogP contribution in [0.1, 0.15) is 258 Å². The smallest absolute Gasteiger partial charge is 0.306 e. The van der Waals surface area contributed by atoms with Gasteiger partial charge in [-0.05, 0) is 19.3 Å². The summed E-state index contributed by atoms with van der Waals surface area (Å²) in [5.74, 6) is -0.860. The van der Waals surface area contributed by atoms with Gasteiger partial charge < -0.3 is 14.2 Å². The number of rotatable bonds is 42. The average Bonchev–Trinajstić information content (AvgIpc) is 3.14. The zero-order valence-corrected chi connectivity index (χ0v) is 35.1. The molecule has 0 heterocycles. The van der Waals surface area contributed by atoms with E-state index in [1.165, 1.54) is 161 Å². The number of carbonyl (C=O) groups is 3. The Morgan fingerprint density at radius 2 is 0.519 bits per heavy atom. The number of hydrogen-bond donors (Lipinski definition) is 0. The van der Waals surface area contributed by atoms with E-state index in [0.717, 1.165) is 57.8 Å². The van der Waals surface area contributed by atoms with Crippen LogP contribution in [0.4, 0.5) is 0 Å². The highest BCUT2D eigenvalue weighted by Crippen LogP contribution is 2.16. The summed E-state index contributed by atoms with van der Waals surface area (Å²) in [6.07, 6.45) is 42.4. The lowest BCUT2D eigenvalue weighted by Crippen LogP contribution is -2.30. The summed E-state index contributed by atoms with van der Waals surface area (Å²) in [4.78, 5) is 37.5. The summed E-state index contributed by atoms with van der Waals surface area (Å²) < 4.78 is 16.6. The van der Waals surface area contributed by atoms with Crippen molar-refractivity contribution in [3.8, 4) is 0 Å². The molecule has 0 saturated carbocycles. The van der Waals surface area contributed by atoms with Gasteiger partial charge in [0, 0.05) is 19.3 Å². The van der Waals surface area contributed by atoms with E-state index in [-0.39, 0.29) is 31.1 Å². The predicted octanol–water partition coefficient (Wildman–Crippen LogP) is 14.5. The van der Waals surface area contributed by atoms with Gasteiger partial charge in [-0.2, -0.15) is 0 Å². The molecule has 1 atom stereocenters. The molecule has 0 N–H and O–H groups in total. The zero-order valence-electron chi connectivity index (χ0n) is 35.1. The predicted molar refractivity (Wildman–Crippen MR) is 220 cm³/mol. The molecule has 0 aliphatic heterocycles. The molecule has 0 amide bonds. The highest BCUT2D eigenvalue weighted by atomic mass is 16.6. The summed E-state index contributed by atoms with van der Waals surface area (Å²) in [6.45, 7) is 6.60. The Labute approximate surface area is 323 Å². The van der Waals surface area contributed by atoms with E-state index >= 15 is 0 Å². The number of esters is 3. The molecule has 0 saturated heterocycles. The van der Waals surface area contributed by atoms with E-state index in [9.17, 15) is 14.4 Å². The molecule has 6 heteroatoms. The number of ether oxygens (including phenoxy) is 3. The lowest BCUT2D eigenvalue weighted by molar-refractivity contribution is -0.167. The molecule has 0 aliphatic rings. The molecule has 0 rings (SSSR count).